The van der Waals surface area contributed by atoms with E-state index in [-0.39, 0.29) is 28.8 Å². The maximum atomic E-state index is 13.7. The van der Waals surface area contributed by atoms with E-state index < -0.39 is 15.8 Å². The molecule has 2 N–H and O–H groups in total. The highest BCUT2D eigenvalue weighted by Gasteiger charge is 2.28. The van der Waals surface area contributed by atoms with Gasteiger partial charge in [0.2, 0.25) is 10.0 Å². The van der Waals surface area contributed by atoms with Crippen molar-refractivity contribution < 1.29 is 17.5 Å². The monoisotopic (exact) mass is 302 g/mol. The summed E-state index contributed by atoms with van der Waals surface area (Å²) in [6.45, 7) is 2.35. The van der Waals surface area contributed by atoms with Crippen LogP contribution in [0.2, 0.25) is 0 Å². The molecule has 1 atom stereocenters. The van der Waals surface area contributed by atoms with Crippen molar-refractivity contribution in [1.29, 1.82) is 0 Å². The Morgan fingerprint density at radius 3 is 2.80 bits per heavy atom. The van der Waals surface area contributed by atoms with Gasteiger partial charge in [0.25, 0.3) is 0 Å². The predicted octanol–water partition coefficient (Wildman–Crippen LogP) is 1.52. The van der Waals surface area contributed by atoms with Gasteiger partial charge in [-0.3, -0.25) is 0 Å². The number of benzene rings is 1. The summed E-state index contributed by atoms with van der Waals surface area (Å²) in [5.74, 6) is -0.617. The fraction of sp³-hybridized carbons (Fsp3) is 0.538. The van der Waals surface area contributed by atoms with Crippen LogP contribution in [0.3, 0.4) is 0 Å². The number of nitrogens with zero attached hydrogens (tertiary/aromatic N) is 1. The van der Waals surface area contributed by atoms with Crippen LogP contribution in [0.5, 0.6) is 0 Å². The van der Waals surface area contributed by atoms with E-state index in [4.69, 9.17) is 10.5 Å². The Balaban J connectivity index is 2.29. The van der Waals surface area contributed by atoms with Crippen molar-refractivity contribution in [2.45, 2.75) is 30.8 Å². The second-order valence-corrected chi connectivity index (χ2v) is 7.06. The van der Waals surface area contributed by atoms with Crippen LogP contribution in [0.1, 0.15) is 18.4 Å². The van der Waals surface area contributed by atoms with E-state index in [1.807, 2.05) is 0 Å². The average Bonchev–Trinajstić information content (AvgIpc) is 2.86. The first-order valence-electron chi connectivity index (χ1n) is 6.46. The molecule has 20 heavy (non-hydrogen) atoms. The van der Waals surface area contributed by atoms with Gasteiger partial charge in [-0.05, 0) is 31.9 Å². The molecule has 0 aliphatic carbocycles. The molecule has 1 unspecified atom stereocenters. The first kappa shape index (κ1) is 15.2. The summed E-state index contributed by atoms with van der Waals surface area (Å²) in [5.41, 5.74) is 5.72. The number of hydrogen-bond acceptors (Lipinski definition) is 4. The maximum Gasteiger partial charge on any atom is 0.243 e. The molecule has 0 bridgehead atoms. The summed E-state index contributed by atoms with van der Waals surface area (Å²) in [7, 11) is -2.30. The van der Waals surface area contributed by atoms with Gasteiger partial charge in [0.1, 0.15) is 5.82 Å². The molecular formula is C13H19FN2O3S. The van der Waals surface area contributed by atoms with Gasteiger partial charge in [-0.15, -0.1) is 0 Å². The minimum Gasteiger partial charge on any atom is -0.399 e. The first-order chi connectivity index (χ1) is 9.32. The number of rotatable bonds is 4. The Bertz CT molecular complexity index is 598. The second-order valence-electron chi connectivity index (χ2n) is 5.05. The standard InChI is InChI=1S/C13H19FN2O3S/c1-9-12(14)6-10(15)7-13(9)20(17,18)16(2)8-11-4-3-5-19-11/h6-7,11H,3-5,8,15H2,1-2H3. The van der Waals surface area contributed by atoms with Crippen molar-refractivity contribution in [2.24, 2.45) is 0 Å². The molecule has 0 aromatic heterocycles. The predicted molar refractivity (Wildman–Crippen MR) is 74.3 cm³/mol. The molecule has 1 fully saturated rings. The van der Waals surface area contributed by atoms with Crippen LogP contribution in [0, 0.1) is 12.7 Å². The van der Waals surface area contributed by atoms with E-state index in [1.54, 1.807) is 0 Å². The molecule has 0 radical (unpaired) electrons. The van der Waals surface area contributed by atoms with Crippen LogP contribution >= 0.6 is 0 Å². The highest BCUT2D eigenvalue weighted by atomic mass is 32.2. The smallest absolute Gasteiger partial charge is 0.243 e. The average molecular weight is 302 g/mol. The number of ether oxygens (including phenoxy) is 1. The SMILES string of the molecule is Cc1c(F)cc(N)cc1S(=O)(=O)N(C)CC1CCCO1. The quantitative estimate of drug-likeness (QED) is 0.856. The van der Waals surface area contributed by atoms with Crippen molar-refractivity contribution in [3.8, 4) is 0 Å². The van der Waals surface area contributed by atoms with Gasteiger partial charge < -0.3 is 10.5 Å². The first-order valence-corrected chi connectivity index (χ1v) is 7.90. The van der Waals surface area contributed by atoms with Crippen LogP contribution in [-0.4, -0.2) is 39.0 Å². The largest absolute Gasteiger partial charge is 0.399 e. The lowest BCUT2D eigenvalue weighted by molar-refractivity contribution is 0.0979. The Hall–Kier alpha value is -1.18. The molecule has 0 amide bonds. The maximum absolute atomic E-state index is 13.7. The van der Waals surface area contributed by atoms with Gasteiger partial charge in [0, 0.05) is 31.5 Å². The molecule has 5 nitrogen and oxygen atoms in total. The van der Waals surface area contributed by atoms with E-state index in [1.165, 1.54) is 24.3 Å². The van der Waals surface area contributed by atoms with E-state index >= 15 is 0 Å². The lowest BCUT2D eigenvalue weighted by Gasteiger charge is -2.21. The van der Waals surface area contributed by atoms with Crippen molar-refractivity contribution in [2.75, 3.05) is 25.9 Å². The number of sulfonamides is 1. The lowest BCUT2D eigenvalue weighted by Crippen LogP contribution is -2.34. The number of nitrogen functional groups attached to an aromatic ring is 1. The van der Waals surface area contributed by atoms with Gasteiger partial charge in [-0.2, -0.15) is 4.31 Å². The van der Waals surface area contributed by atoms with Crippen molar-refractivity contribution in [3.05, 3.63) is 23.5 Å². The zero-order valence-corrected chi connectivity index (χ0v) is 12.4. The van der Waals surface area contributed by atoms with Gasteiger partial charge in [-0.1, -0.05) is 0 Å². The van der Waals surface area contributed by atoms with Crippen LogP contribution in [0.25, 0.3) is 0 Å². The molecule has 1 aromatic rings. The molecule has 0 saturated carbocycles. The topological polar surface area (TPSA) is 72.6 Å². The Morgan fingerprint density at radius 2 is 2.20 bits per heavy atom. The molecule has 2 rings (SSSR count). The van der Waals surface area contributed by atoms with Gasteiger partial charge in [0.05, 0.1) is 11.0 Å². The minimum atomic E-state index is -3.77. The zero-order valence-electron chi connectivity index (χ0n) is 11.6. The molecule has 1 aromatic carbocycles. The van der Waals surface area contributed by atoms with Crippen molar-refractivity contribution in [3.63, 3.8) is 0 Å². The molecule has 112 valence electrons. The van der Waals surface area contributed by atoms with Crippen molar-refractivity contribution >= 4 is 15.7 Å². The molecule has 7 heteroatoms. The summed E-state index contributed by atoms with van der Waals surface area (Å²) in [4.78, 5) is -0.0875. The number of nitrogens with two attached hydrogens (primary N) is 1. The zero-order chi connectivity index (χ0) is 14.9. The summed E-state index contributed by atoms with van der Waals surface area (Å²) in [6, 6.07) is 2.41. The summed E-state index contributed by atoms with van der Waals surface area (Å²) < 4.78 is 45.3. The van der Waals surface area contributed by atoms with Crippen LogP contribution in [0.15, 0.2) is 17.0 Å². The Morgan fingerprint density at radius 1 is 1.50 bits per heavy atom. The van der Waals surface area contributed by atoms with E-state index in [9.17, 15) is 12.8 Å². The third-order valence-corrected chi connectivity index (χ3v) is 5.44. The van der Waals surface area contributed by atoms with Gasteiger partial charge >= 0.3 is 0 Å². The van der Waals surface area contributed by atoms with Crippen LogP contribution in [-0.2, 0) is 14.8 Å². The Labute approximate surface area is 118 Å². The second kappa shape index (κ2) is 5.67. The van der Waals surface area contributed by atoms with Gasteiger partial charge in [0.15, 0.2) is 0 Å². The number of likely N-dealkylation sites (N-methyl/N-ethyl adjacent to an activating group) is 1. The third kappa shape index (κ3) is 2.94. The molecule has 1 heterocycles. The van der Waals surface area contributed by atoms with E-state index in [0.29, 0.717) is 6.61 Å². The van der Waals surface area contributed by atoms with E-state index in [0.717, 1.165) is 18.9 Å². The fourth-order valence-corrected chi connectivity index (χ4v) is 3.75. The van der Waals surface area contributed by atoms with E-state index in [2.05, 4.69) is 0 Å². The number of halogens is 1. The third-order valence-electron chi connectivity index (χ3n) is 3.49. The molecular weight excluding hydrogens is 283 g/mol. The molecule has 0 spiro atoms. The Kier molecular flexibility index (Phi) is 4.31. The summed E-state index contributed by atoms with van der Waals surface area (Å²) >= 11 is 0. The minimum absolute atomic E-state index is 0.0818. The van der Waals surface area contributed by atoms with Crippen LogP contribution < -0.4 is 5.73 Å². The normalized spacial score (nSPS) is 19.7. The highest BCUT2D eigenvalue weighted by Crippen LogP contribution is 2.25. The number of anilines is 1. The fourth-order valence-electron chi connectivity index (χ4n) is 2.28. The molecule has 1 aliphatic rings. The summed E-state index contributed by atoms with van der Waals surface area (Å²) in [5, 5.41) is 0. The molecule has 1 aliphatic heterocycles. The molecule has 1 saturated heterocycles. The van der Waals surface area contributed by atoms with Gasteiger partial charge in [-0.25, -0.2) is 12.8 Å². The van der Waals surface area contributed by atoms with Crippen LogP contribution in [0.4, 0.5) is 10.1 Å². The number of hydrogen-bond donors (Lipinski definition) is 1. The highest BCUT2D eigenvalue weighted by molar-refractivity contribution is 7.89. The summed E-state index contributed by atoms with van der Waals surface area (Å²) in [6.07, 6.45) is 1.68. The van der Waals surface area contributed by atoms with Crippen molar-refractivity contribution in [1.82, 2.24) is 4.31 Å². The lowest BCUT2D eigenvalue weighted by atomic mass is 10.2.